The molecule has 148 valence electrons. The Balaban J connectivity index is 2.33. The van der Waals surface area contributed by atoms with Crippen molar-refractivity contribution in [3.8, 4) is 11.5 Å². The molecule has 1 N–H and O–H groups in total. The molecule has 0 saturated heterocycles. The van der Waals surface area contributed by atoms with Crippen LogP contribution in [-0.2, 0) is 0 Å². The second-order valence-electron chi connectivity index (χ2n) is 6.84. The summed E-state index contributed by atoms with van der Waals surface area (Å²) in [5.41, 5.74) is 0.195. The Hall–Kier alpha value is -1.71. The van der Waals surface area contributed by atoms with Gasteiger partial charge in [-0.05, 0) is 25.0 Å². The molecule has 26 heavy (non-hydrogen) atoms. The summed E-state index contributed by atoms with van der Waals surface area (Å²) in [4.78, 5) is 11.3. The van der Waals surface area contributed by atoms with E-state index in [1.54, 1.807) is 18.2 Å². The lowest BCUT2D eigenvalue weighted by atomic mass is 10.1. The number of rotatable bonds is 16. The molecular formula is C22H36O4. The molecule has 0 amide bonds. The van der Waals surface area contributed by atoms with Gasteiger partial charge in [-0.1, -0.05) is 71.6 Å². The predicted octanol–water partition coefficient (Wildman–Crippen LogP) is 6.47. The van der Waals surface area contributed by atoms with Crippen molar-refractivity contribution in [2.45, 2.75) is 84.5 Å². The summed E-state index contributed by atoms with van der Waals surface area (Å²) in [5.74, 6) is 0.121. The van der Waals surface area contributed by atoms with Gasteiger partial charge in [-0.25, -0.2) is 4.79 Å². The third-order valence-corrected chi connectivity index (χ3v) is 4.46. The maximum atomic E-state index is 11.3. The van der Waals surface area contributed by atoms with Gasteiger partial charge in [-0.2, -0.15) is 0 Å². The van der Waals surface area contributed by atoms with Gasteiger partial charge in [0.05, 0.1) is 13.2 Å². The van der Waals surface area contributed by atoms with Crippen molar-refractivity contribution < 1.29 is 19.4 Å². The highest BCUT2D eigenvalue weighted by molar-refractivity contribution is 5.91. The van der Waals surface area contributed by atoms with Gasteiger partial charge in [0.1, 0.15) is 17.1 Å². The molecule has 1 rings (SSSR count). The van der Waals surface area contributed by atoms with E-state index in [1.807, 2.05) is 0 Å². The van der Waals surface area contributed by atoms with Crippen LogP contribution in [0.4, 0.5) is 0 Å². The molecule has 0 atom stereocenters. The van der Waals surface area contributed by atoms with Crippen LogP contribution < -0.4 is 9.47 Å². The second kappa shape index (κ2) is 14.5. The van der Waals surface area contributed by atoms with Gasteiger partial charge in [-0.15, -0.1) is 0 Å². The summed E-state index contributed by atoms with van der Waals surface area (Å²) in [5, 5.41) is 9.29. The van der Waals surface area contributed by atoms with E-state index in [0.717, 1.165) is 25.7 Å². The quantitative estimate of drug-likeness (QED) is 0.341. The molecule has 0 spiro atoms. The first-order valence-corrected chi connectivity index (χ1v) is 10.3. The van der Waals surface area contributed by atoms with E-state index in [-0.39, 0.29) is 5.56 Å². The fourth-order valence-electron chi connectivity index (χ4n) is 2.85. The van der Waals surface area contributed by atoms with Crippen LogP contribution in [0.25, 0.3) is 0 Å². The number of carbonyl (C=O) groups is 1. The Kier molecular flexibility index (Phi) is 12.4. The SMILES string of the molecule is CCCCCCCCCCOc1ccc(C(=O)O)c(OCCCCC)c1. The van der Waals surface area contributed by atoms with Crippen LogP contribution in [0, 0.1) is 0 Å². The zero-order chi connectivity index (χ0) is 19.0. The second-order valence-corrected chi connectivity index (χ2v) is 6.84. The lowest BCUT2D eigenvalue weighted by molar-refractivity contribution is 0.0692. The predicted molar refractivity (Wildman–Crippen MR) is 107 cm³/mol. The van der Waals surface area contributed by atoms with Crippen LogP contribution in [0.15, 0.2) is 18.2 Å². The third kappa shape index (κ3) is 9.69. The minimum Gasteiger partial charge on any atom is -0.493 e. The number of hydrogen-bond acceptors (Lipinski definition) is 3. The number of hydrogen-bond donors (Lipinski definition) is 1. The summed E-state index contributed by atoms with van der Waals surface area (Å²) in [6.45, 7) is 5.57. The van der Waals surface area contributed by atoms with Crippen LogP contribution in [0.3, 0.4) is 0 Å². The molecule has 0 bridgehead atoms. The number of benzene rings is 1. The molecule has 4 heteroatoms. The van der Waals surface area contributed by atoms with Crippen molar-refractivity contribution >= 4 is 5.97 Å². The van der Waals surface area contributed by atoms with E-state index in [4.69, 9.17) is 9.47 Å². The van der Waals surface area contributed by atoms with Crippen molar-refractivity contribution in [3.05, 3.63) is 23.8 Å². The number of carboxylic acids is 1. The Morgan fingerprint density at radius 2 is 1.35 bits per heavy atom. The van der Waals surface area contributed by atoms with Gasteiger partial charge in [0, 0.05) is 6.07 Å². The van der Waals surface area contributed by atoms with E-state index in [0.29, 0.717) is 24.7 Å². The Morgan fingerprint density at radius 1 is 0.808 bits per heavy atom. The number of carboxylic acid groups (broad SMARTS) is 1. The van der Waals surface area contributed by atoms with Crippen LogP contribution in [-0.4, -0.2) is 24.3 Å². The van der Waals surface area contributed by atoms with Crippen molar-refractivity contribution in [3.63, 3.8) is 0 Å². The van der Waals surface area contributed by atoms with E-state index < -0.39 is 5.97 Å². The minimum atomic E-state index is -0.967. The third-order valence-electron chi connectivity index (χ3n) is 4.46. The van der Waals surface area contributed by atoms with E-state index >= 15 is 0 Å². The van der Waals surface area contributed by atoms with Crippen LogP contribution in [0.1, 0.15) is 94.8 Å². The highest BCUT2D eigenvalue weighted by Crippen LogP contribution is 2.25. The van der Waals surface area contributed by atoms with Gasteiger partial charge in [0.2, 0.25) is 0 Å². The molecule has 0 aliphatic rings. The fourth-order valence-corrected chi connectivity index (χ4v) is 2.85. The zero-order valence-electron chi connectivity index (χ0n) is 16.6. The standard InChI is InChI=1S/C22H36O4/c1-3-5-7-8-9-10-11-13-16-25-19-14-15-20(22(23)24)21(18-19)26-17-12-6-4-2/h14-15,18H,3-13,16-17H2,1-2H3,(H,23,24). The highest BCUT2D eigenvalue weighted by atomic mass is 16.5. The van der Waals surface area contributed by atoms with Gasteiger partial charge in [-0.3, -0.25) is 0 Å². The number of unbranched alkanes of at least 4 members (excludes halogenated alkanes) is 9. The van der Waals surface area contributed by atoms with Gasteiger partial charge in [0.25, 0.3) is 0 Å². The van der Waals surface area contributed by atoms with Crippen LogP contribution >= 0.6 is 0 Å². The molecule has 0 saturated carbocycles. The number of ether oxygens (including phenoxy) is 2. The largest absolute Gasteiger partial charge is 0.493 e. The average Bonchev–Trinajstić information content (AvgIpc) is 2.64. The monoisotopic (exact) mass is 364 g/mol. The molecule has 0 aliphatic heterocycles. The summed E-state index contributed by atoms with van der Waals surface area (Å²) in [7, 11) is 0. The zero-order valence-corrected chi connectivity index (χ0v) is 16.6. The van der Waals surface area contributed by atoms with Crippen molar-refractivity contribution in [2.24, 2.45) is 0 Å². The number of aromatic carboxylic acids is 1. The molecular weight excluding hydrogens is 328 g/mol. The lowest BCUT2D eigenvalue weighted by Crippen LogP contribution is -2.05. The maximum Gasteiger partial charge on any atom is 0.339 e. The normalized spacial score (nSPS) is 10.7. The van der Waals surface area contributed by atoms with Gasteiger partial charge >= 0.3 is 5.97 Å². The molecule has 0 fully saturated rings. The highest BCUT2D eigenvalue weighted by Gasteiger charge is 2.12. The van der Waals surface area contributed by atoms with Gasteiger partial charge < -0.3 is 14.6 Å². The average molecular weight is 365 g/mol. The van der Waals surface area contributed by atoms with Gasteiger partial charge in [0.15, 0.2) is 0 Å². The Morgan fingerprint density at radius 3 is 2.00 bits per heavy atom. The summed E-state index contributed by atoms with van der Waals surface area (Å²) in [6, 6.07) is 4.99. The van der Waals surface area contributed by atoms with Crippen LogP contribution in [0.2, 0.25) is 0 Å². The molecule has 4 nitrogen and oxygen atoms in total. The molecule has 0 radical (unpaired) electrons. The molecule has 0 heterocycles. The smallest absolute Gasteiger partial charge is 0.339 e. The molecule has 0 aromatic heterocycles. The molecule has 1 aromatic rings. The summed E-state index contributed by atoms with van der Waals surface area (Å²) >= 11 is 0. The minimum absolute atomic E-state index is 0.195. The maximum absolute atomic E-state index is 11.3. The molecule has 1 aromatic carbocycles. The first-order valence-electron chi connectivity index (χ1n) is 10.3. The van der Waals surface area contributed by atoms with Crippen molar-refractivity contribution in [1.29, 1.82) is 0 Å². The Labute approximate surface area is 158 Å². The fraction of sp³-hybridized carbons (Fsp3) is 0.682. The van der Waals surface area contributed by atoms with E-state index in [1.165, 1.54) is 44.9 Å². The van der Waals surface area contributed by atoms with Crippen molar-refractivity contribution in [1.82, 2.24) is 0 Å². The van der Waals surface area contributed by atoms with Crippen LogP contribution in [0.5, 0.6) is 11.5 Å². The molecule has 0 unspecified atom stereocenters. The summed E-state index contributed by atoms with van der Waals surface area (Å²) < 4.78 is 11.5. The first-order chi connectivity index (χ1) is 12.7. The Bertz CT molecular complexity index is 499. The van der Waals surface area contributed by atoms with Crippen molar-refractivity contribution in [2.75, 3.05) is 13.2 Å². The van der Waals surface area contributed by atoms with E-state index in [2.05, 4.69) is 13.8 Å². The lowest BCUT2D eigenvalue weighted by Gasteiger charge is -2.12. The first kappa shape index (κ1) is 22.3. The summed E-state index contributed by atoms with van der Waals surface area (Å²) in [6.07, 6.45) is 13.2. The van der Waals surface area contributed by atoms with E-state index in [9.17, 15) is 9.90 Å². The topological polar surface area (TPSA) is 55.8 Å². The molecule has 0 aliphatic carbocycles.